The topological polar surface area (TPSA) is 32.3 Å². The highest BCUT2D eigenvalue weighted by atomic mass is 79.9. The molecular formula is C11H16BrNO. The third kappa shape index (κ3) is 3.68. The molecule has 0 radical (unpaired) electrons. The van der Waals surface area contributed by atoms with Crippen molar-refractivity contribution in [1.82, 2.24) is 0 Å². The summed E-state index contributed by atoms with van der Waals surface area (Å²) in [6.45, 7) is 4.66. The first kappa shape index (κ1) is 11.5. The number of aryl methyl sites for hydroxylation is 1. The number of hydrogen-bond acceptors (Lipinski definition) is 2. The fraction of sp³-hybridized carbons (Fsp3) is 0.455. The van der Waals surface area contributed by atoms with Crippen molar-refractivity contribution in [1.29, 1.82) is 0 Å². The van der Waals surface area contributed by atoms with Gasteiger partial charge in [-0.25, -0.2) is 0 Å². The average Bonchev–Trinajstić information content (AvgIpc) is 2.10. The highest BCUT2D eigenvalue weighted by Crippen LogP contribution is 2.19. The molecule has 1 unspecified atom stereocenters. The molecular weight excluding hydrogens is 242 g/mol. The van der Waals surface area contributed by atoms with Gasteiger partial charge in [0.2, 0.25) is 0 Å². The number of nitrogens with one attached hydrogen (secondary N) is 1. The normalized spacial score (nSPS) is 12.6. The molecule has 2 N–H and O–H groups in total. The van der Waals surface area contributed by atoms with E-state index >= 15 is 0 Å². The van der Waals surface area contributed by atoms with Crippen molar-refractivity contribution >= 4 is 21.6 Å². The van der Waals surface area contributed by atoms with Crippen molar-refractivity contribution in [3.8, 4) is 0 Å². The molecule has 1 atom stereocenters. The Morgan fingerprint density at radius 3 is 2.79 bits per heavy atom. The maximum atomic E-state index is 9.08. The monoisotopic (exact) mass is 257 g/mol. The lowest BCUT2D eigenvalue weighted by atomic mass is 10.2. The van der Waals surface area contributed by atoms with Crippen LogP contribution in [0.1, 0.15) is 18.9 Å². The Bertz CT molecular complexity index is 299. The second kappa shape index (κ2) is 5.37. The molecule has 1 rings (SSSR count). The summed E-state index contributed by atoms with van der Waals surface area (Å²) in [4.78, 5) is 0. The molecule has 0 saturated carbocycles. The van der Waals surface area contributed by atoms with Gasteiger partial charge in [-0.05, 0) is 44.0 Å². The zero-order valence-corrected chi connectivity index (χ0v) is 10.1. The van der Waals surface area contributed by atoms with E-state index in [2.05, 4.69) is 34.2 Å². The number of aliphatic hydroxyl groups is 1. The molecule has 0 heterocycles. The Hall–Kier alpha value is -0.540. The van der Waals surface area contributed by atoms with Gasteiger partial charge >= 0.3 is 0 Å². The second-order valence-corrected chi connectivity index (χ2v) is 4.38. The van der Waals surface area contributed by atoms with Gasteiger partial charge in [-0.15, -0.1) is 0 Å². The summed E-state index contributed by atoms with van der Waals surface area (Å²) in [5.74, 6) is 0. The van der Waals surface area contributed by atoms with Gasteiger partial charge in [0.25, 0.3) is 0 Å². The predicted molar refractivity (Wildman–Crippen MR) is 63.7 cm³/mol. The van der Waals surface area contributed by atoms with Crippen molar-refractivity contribution in [2.75, 3.05) is 11.9 Å². The van der Waals surface area contributed by atoms with Gasteiger partial charge in [0.1, 0.15) is 0 Å². The Balaban J connectivity index is 2.47. The van der Waals surface area contributed by atoms with E-state index in [1.165, 1.54) is 5.56 Å². The van der Waals surface area contributed by atoms with Crippen LogP contribution in [-0.4, -0.2) is 17.8 Å². The zero-order valence-electron chi connectivity index (χ0n) is 8.55. The third-order valence-electron chi connectivity index (χ3n) is 2.05. The molecule has 0 saturated heterocycles. The Labute approximate surface area is 93.5 Å². The first-order valence-electron chi connectivity index (χ1n) is 4.77. The molecule has 0 aliphatic rings. The van der Waals surface area contributed by atoms with Crippen LogP contribution in [0.15, 0.2) is 22.7 Å². The molecule has 0 spiro atoms. The zero-order chi connectivity index (χ0) is 10.6. The van der Waals surface area contributed by atoms with Crippen LogP contribution in [-0.2, 0) is 0 Å². The fourth-order valence-electron chi connectivity index (χ4n) is 1.18. The summed E-state index contributed by atoms with van der Waals surface area (Å²) in [6.07, 6.45) is 0.536. The minimum atomic E-state index is -0.237. The Morgan fingerprint density at radius 1 is 1.50 bits per heavy atom. The molecule has 2 nitrogen and oxygen atoms in total. The molecule has 0 fully saturated rings. The number of anilines is 1. The quantitative estimate of drug-likeness (QED) is 0.870. The molecule has 1 aromatic carbocycles. The summed E-state index contributed by atoms with van der Waals surface area (Å²) >= 11 is 3.45. The number of hydrogen-bond donors (Lipinski definition) is 2. The smallest absolute Gasteiger partial charge is 0.0528 e. The van der Waals surface area contributed by atoms with Crippen LogP contribution >= 0.6 is 15.9 Å². The summed E-state index contributed by atoms with van der Waals surface area (Å²) < 4.78 is 1.12. The molecule has 14 heavy (non-hydrogen) atoms. The first-order chi connectivity index (χ1) is 6.59. The van der Waals surface area contributed by atoms with E-state index in [-0.39, 0.29) is 6.10 Å². The van der Waals surface area contributed by atoms with Crippen LogP contribution in [0.3, 0.4) is 0 Å². The summed E-state index contributed by atoms with van der Waals surface area (Å²) in [5.41, 5.74) is 2.32. The van der Waals surface area contributed by atoms with Crippen LogP contribution in [0, 0.1) is 6.92 Å². The van der Waals surface area contributed by atoms with E-state index in [4.69, 9.17) is 5.11 Å². The van der Waals surface area contributed by atoms with Gasteiger partial charge < -0.3 is 10.4 Å². The lowest BCUT2D eigenvalue weighted by Gasteiger charge is -2.09. The van der Waals surface area contributed by atoms with Crippen molar-refractivity contribution in [3.05, 3.63) is 28.2 Å². The highest BCUT2D eigenvalue weighted by molar-refractivity contribution is 9.10. The minimum absolute atomic E-state index is 0.237. The van der Waals surface area contributed by atoms with Gasteiger partial charge in [-0.2, -0.15) is 0 Å². The van der Waals surface area contributed by atoms with Gasteiger partial charge in [0.15, 0.2) is 0 Å². The third-order valence-corrected chi connectivity index (χ3v) is 2.94. The van der Waals surface area contributed by atoms with Crippen LogP contribution in [0.4, 0.5) is 5.69 Å². The van der Waals surface area contributed by atoms with E-state index in [1.54, 1.807) is 6.92 Å². The predicted octanol–water partition coefficient (Wildman–Crippen LogP) is 2.94. The molecule has 0 bridgehead atoms. The molecule has 78 valence electrons. The fourth-order valence-corrected chi connectivity index (χ4v) is 1.43. The van der Waals surface area contributed by atoms with E-state index in [9.17, 15) is 0 Å². The van der Waals surface area contributed by atoms with Crippen molar-refractivity contribution in [2.45, 2.75) is 26.4 Å². The minimum Gasteiger partial charge on any atom is -0.393 e. The largest absolute Gasteiger partial charge is 0.393 e. The van der Waals surface area contributed by atoms with Crippen LogP contribution in [0.5, 0.6) is 0 Å². The van der Waals surface area contributed by atoms with Gasteiger partial charge in [0, 0.05) is 16.7 Å². The van der Waals surface area contributed by atoms with Crippen LogP contribution in [0.25, 0.3) is 0 Å². The molecule has 3 heteroatoms. The Morgan fingerprint density at radius 2 is 2.21 bits per heavy atom. The second-order valence-electron chi connectivity index (χ2n) is 3.53. The van der Waals surface area contributed by atoms with Gasteiger partial charge in [-0.3, -0.25) is 0 Å². The van der Waals surface area contributed by atoms with E-state index < -0.39 is 0 Å². The maximum absolute atomic E-state index is 9.08. The number of benzene rings is 1. The lowest BCUT2D eigenvalue weighted by Crippen LogP contribution is -2.09. The first-order valence-corrected chi connectivity index (χ1v) is 5.57. The van der Waals surface area contributed by atoms with Crippen molar-refractivity contribution in [2.24, 2.45) is 0 Å². The maximum Gasteiger partial charge on any atom is 0.0528 e. The number of aliphatic hydroxyl groups excluding tert-OH is 1. The molecule has 0 amide bonds. The van der Waals surface area contributed by atoms with E-state index in [1.807, 2.05) is 12.1 Å². The molecule has 0 aromatic heterocycles. The van der Waals surface area contributed by atoms with Crippen molar-refractivity contribution < 1.29 is 5.11 Å². The van der Waals surface area contributed by atoms with Gasteiger partial charge in [-0.1, -0.05) is 15.9 Å². The lowest BCUT2D eigenvalue weighted by molar-refractivity contribution is 0.189. The van der Waals surface area contributed by atoms with Gasteiger partial charge in [0.05, 0.1) is 6.10 Å². The standard InChI is InChI=1S/C11H16BrNO/c1-8-7-10(3-4-11(8)12)13-6-5-9(2)14/h3-4,7,9,13-14H,5-6H2,1-2H3. The van der Waals surface area contributed by atoms with Crippen molar-refractivity contribution in [3.63, 3.8) is 0 Å². The Kier molecular flexibility index (Phi) is 4.42. The molecule has 0 aliphatic carbocycles. The van der Waals surface area contributed by atoms with E-state index in [0.29, 0.717) is 0 Å². The summed E-state index contributed by atoms with van der Waals surface area (Å²) in [5, 5.41) is 12.3. The molecule has 0 aliphatic heterocycles. The number of halogens is 1. The van der Waals surface area contributed by atoms with Crippen LogP contribution < -0.4 is 5.32 Å². The summed E-state index contributed by atoms with van der Waals surface area (Å²) in [6, 6.07) is 6.14. The average molecular weight is 258 g/mol. The number of rotatable bonds is 4. The van der Waals surface area contributed by atoms with Crippen LogP contribution in [0.2, 0.25) is 0 Å². The highest BCUT2D eigenvalue weighted by Gasteiger charge is 1.98. The summed E-state index contributed by atoms with van der Waals surface area (Å²) in [7, 11) is 0. The molecule has 1 aromatic rings. The SMILES string of the molecule is Cc1cc(NCCC(C)O)ccc1Br. The van der Waals surface area contributed by atoms with E-state index in [0.717, 1.165) is 23.1 Å².